The molecule has 1 aromatic heterocycles. The van der Waals surface area contributed by atoms with Gasteiger partial charge in [-0.1, -0.05) is 13.3 Å². The molecule has 0 aliphatic rings. The quantitative estimate of drug-likeness (QED) is 0.681. The lowest BCUT2D eigenvalue weighted by Crippen LogP contribution is -2.40. The molecule has 1 heterocycles. The lowest BCUT2D eigenvalue weighted by atomic mass is 10.0. The van der Waals surface area contributed by atoms with Crippen molar-refractivity contribution in [3.05, 3.63) is 11.2 Å². The van der Waals surface area contributed by atoms with Crippen molar-refractivity contribution in [3.8, 4) is 0 Å². The summed E-state index contributed by atoms with van der Waals surface area (Å²) < 4.78 is 25.8. The summed E-state index contributed by atoms with van der Waals surface area (Å²) in [6.45, 7) is 3.21. The predicted octanol–water partition coefficient (Wildman–Crippen LogP) is 0.671. The fourth-order valence-corrected chi connectivity index (χ4v) is 3.86. The Hall–Kier alpha value is -1.03. The van der Waals surface area contributed by atoms with Crippen LogP contribution in [-0.2, 0) is 10.0 Å². The van der Waals surface area contributed by atoms with E-state index in [1.54, 1.807) is 0 Å². The monoisotopic (exact) mass is 308 g/mol. The zero-order valence-corrected chi connectivity index (χ0v) is 12.2. The number of rotatable bonds is 7. The normalized spacial score (nSPS) is 15.1. The third kappa shape index (κ3) is 4.23. The molecule has 0 saturated carbocycles. The standard InChI is InChI=1S/C10H16N2O5S2/c1-3-4-10(2,15)5-12-19(16,17)9-7(8(13)14)11-6-18-9/h6,12,15H,3-5H2,1-2H3,(H,13,14). The first-order valence-electron chi connectivity index (χ1n) is 5.58. The van der Waals surface area contributed by atoms with Gasteiger partial charge in [-0.05, 0) is 13.3 Å². The Morgan fingerprint density at radius 3 is 2.74 bits per heavy atom. The molecule has 108 valence electrons. The number of sulfonamides is 1. The second kappa shape index (κ2) is 5.95. The number of carboxylic acids is 1. The van der Waals surface area contributed by atoms with Crippen molar-refractivity contribution in [2.45, 2.75) is 36.5 Å². The largest absolute Gasteiger partial charge is 0.476 e. The Labute approximate surface area is 115 Å². The second-order valence-corrected chi connectivity index (χ2v) is 7.18. The maximum atomic E-state index is 12.0. The minimum atomic E-state index is -3.98. The molecular weight excluding hydrogens is 292 g/mol. The van der Waals surface area contributed by atoms with Crippen molar-refractivity contribution in [2.24, 2.45) is 0 Å². The molecule has 0 aliphatic carbocycles. The Bertz CT molecular complexity index is 550. The lowest BCUT2D eigenvalue weighted by Gasteiger charge is -2.22. The van der Waals surface area contributed by atoms with E-state index >= 15 is 0 Å². The molecular formula is C10H16N2O5S2. The molecule has 1 unspecified atom stereocenters. The van der Waals surface area contributed by atoms with Crippen LogP contribution < -0.4 is 4.72 Å². The zero-order valence-electron chi connectivity index (χ0n) is 10.6. The summed E-state index contributed by atoms with van der Waals surface area (Å²) >= 11 is 0.725. The van der Waals surface area contributed by atoms with Gasteiger partial charge in [0.2, 0.25) is 0 Å². The number of thiazole rings is 1. The molecule has 1 rings (SSSR count). The molecule has 9 heteroatoms. The first-order chi connectivity index (χ1) is 8.69. The van der Waals surface area contributed by atoms with E-state index in [-0.39, 0.29) is 10.8 Å². The highest BCUT2D eigenvalue weighted by atomic mass is 32.2. The smallest absolute Gasteiger partial charge is 0.356 e. The van der Waals surface area contributed by atoms with Gasteiger partial charge in [-0.3, -0.25) is 0 Å². The molecule has 0 radical (unpaired) electrons. The van der Waals surface area contributed by atoms with Crippen molar-refractivity contribution < 1.29 is 23.4 Å². The summed E-state index contributed by atoms with van der Waals surface area (Å²) in [6.07, 6.45) is 1.14. The van der Waals surface area contributed by atoms with Crippen LogP contribution in [-0.4, -0.2) is 41.7 Å². The van der Waals surface area contributed by atoms with E-state index in [1.165, 1.54) is 6.92 Å². The number of carbonyl (C=O) groups is 1. The average Bonchev–Trinajstić information content (AvgIpc) is 2.76. The Morgan fingerprint density at radius 1 is 1.58 bits per heavy atom. The fraction of sp³-hybridized carbons (Fsp3) is 0.600. The lowest BCUT2D eigenvalue weighted by molar-refractivity contribution is 0.0554. The maximum absolute atomic E-state index is 12.0. The van der Waals surface area contributed by atoms with E-state index in [4.69, 9.17) is 5.11 Å². The van der Waals surface area contributed by atoms with Gasteiger partial charge in [-0.25, -0.2) is 22.9 Å². The van der Waals surface area contributed by atoms with Crippen LogP contribution in [0.3, 0.4) is 0 Å². The molecule has 0 saturated heterocycles. The van der Waals surface area contributed by atoms with Crippen LogP contribution in [0.5, 0.6) is 0 Å². The first-order valence-corrected chi connectivity index (χ1v) is 7.95. The highest BCUT2D eigenvalue weighted by Gasteiger charge is 2.28. The third-order valence-electron chi connectivity index (χ3n) is 2.41. The molecule has 19 heavy (non-hydrogen) atoms. The maximum Gasteiger partial charge on any atom is 0.356 e. The molecule has 0 aliphatic heterocycles. The number of aromatic carboxylic acids is 1. The molecule has 0 fully saturated rings. The highest BCUT2D eigenvalue weighted by Crippen LogP contribution is 2.20. The molecule has 0 bridgehead atoms. The minimum absolute atomic E-state index is 0.180. The number of aliphatic hydroxyl groups is 1. The van der Waals surface area contributed by atoms with Crippen LogP contribution in [0, 0.1) is 0 Å². The van der Waals surface area contributed by atoms with E-state index in [0.29, 0.717) is 12.8 Å². The summed E-state index contributed by atoms with van der Waals surface area (Å²) in [5, 5.41) is 18.7. The zero-order chi connectivity index (χ0) is 14.7. The van der Waals surface area contributed by atoms with Crippen molar-refractivity contribution in [1.82, 2.24) is 9.71 Å². The van der Waals surface area contributed by atoms with E-state index < -0.39 is 27.3 Å². The first kappa shape index (κ1) is 16.0. The topological polar surface area (TPSA) is 117 Å². The molecule has 0 amide bonds. The molecule has 0 aromatic carbocycles. The molecule has 0 spiro atoms. The van der Waals surface area contributed by atoms with E-state index in [9.17, 15) is 18.3 Å². The fourth-order valence-electron chi connectivity index (χ4n) is 1.51. The van der Waals surface area contributed by atoms with Crippen LogP contribution in [0.4, 0.5) is 0 Å². The van der Waals surface area contributed by atoms with Crippen molar-refractivity contribution >= 4 is 27.3 Å². The van der Waals surface area contributed by atoms with Gasteiger partial charge in [0, 0.05) is 6.54 Å². The van der Waals surface area contributed by atoms with Crippen LogP contribution >= 0.6 is 11.3 Å². The molecule has 1 aromatic rings. The third-order valence-corrected chi connectivity index (χ3v) is 5.18. The summed E-state index contributed by atoms with van der Waals surface area (Å²) in [4.78, 5) is 14.3. The Balaban J connectivity index is 2.88. The number of aromatic nitrogens is 1. The second-order valence-electron chi connectivity index (χ2n) is 4.37. The summed E-state index contributed by atoms with van der Waals surface area (Å²) in [5.74, 6) is -1.40. The van der Waals surface area contributed by atoms with Crippen LogP contribution in [0.25, 0.3) is 0 Å². The van der Waals surface area contributed by atoms with Crippen LogP contribution in [0.15, 0.2) is 9.72 Å². The predicted molar refractivity (Wildman–Crippen MR) is 69.8 cm³/mol. The average molecular weight is 308 g/mol. The van der Waals surface area contributed by atoms with E-state index in [2.05, 4.69) is 9.71 Å². The van der Waals surface area contributed by atoms with E-state index in [0.717, 1.165) is 16.8 Å². The number of hydrogen-bond acceptors (Lipinski definition) is 6. The van der Waals surface area contributed by atoms with Crippen LogP contribution in [0.1, 0.15) is 37.2 Å². The Morgan fingerprint density at radius 2 is 2.21 bits per heavy atom. The number of hydrogen-bond donors (Lipinski definition) is 3. The van der Waals surface area contributed by atoms with Gasteiger partial charge in [0.1, 0.15) is 0 Å². The van der Waals surface area contributed by atoms with Gasteiger partial charge in [-0.2, -0.15) is 0 Å². The Kier molecular flexibility index (Phi) is 5.02. The molecule has 7 nitrogen and oxygen atoms in total. The van der Waals surface area contributed by atoms with Crippen molar-refractivity contribution in [3.63, 3.8) is 0 Å². The molecule has 1 atom stereocenters. The summed E-state index contributed by atoms with van der Waals surface area (Å²) in [6, 6.07) is 0. The van der Waals surface area contributed by atoms with Gasteiger partial charge in [-0.15, -0.1) is 11.3 Å². The number of carboxylic acid groups (broad SMARTS) is 1. The van der Waals surface area contributed by atoms with Gasteiger partial charge in [0.15, 0.2) is 9.90 Å². The number of nitrogens with one attached hydrogen (secondary N) is 1. The summed E-state index contributed by atoms with van der Waals surface area (Å²) in [5.41, 5.74) is -0.523. The van der Waals surface area contributed by atoms with Crippen molar-refractivity contribution in [1.29, 1.82) is 0 Å². The van der Waals surface area contributed by atoms with Gasteiger partial charge < -0.3 is 10.2 Å². The summed E-state index contributed by atoms with van der Waals surface area (Å²) in [7, 11) is -3.98. The molecule has 3 N–H and O–H groups in total. The van der Waals surface area contributed by atoms with Gasteiger partial charge in [0.25, 0.3) is 10.0 Å². The van der Waals surface area contributed by atoms with Crippen LogP contribution in [0.2, 0.25) is 0 Å². The minimum Gasteiger partial charge on any atom is -0.476 e. The van der Waals surface area contributed by atoms with Gasteiger partial charge in [0.05, 0.1) is 11.1 Å². The van der Waals surface area contributed by atoms with Gasteiger partial charge >= 0.3 is 5.97 Å². The SMILES string of the molecule is CCCC(C)(O)CNS(=O)(=O)c1scnc1C(=O)O. The number of nitrogens with zero attached hydrogens (tertiary/aromatic N) is 1. The van der Waals surface area contributed by atoms with E-state index in [1.807, 2.05) is 6.92 Å². The van der Waals surface area contributed by atoms with Crippen molar-refractivity contribution in [2.75, 3.05) is 6.54 Å². The highest BCUT2D eigenvalue weighted by molar-refractivity contribution is 7.91.